The quantitative estimate of drug-likeness (QED) is 0.800. The lowest BCUT2D eigenvalue weighted by Crippen LogP contribution is -2.32. The Morgan fingerprint density at radius 3 is 3.00 bits per heavy atom. The van der Waals surface area contributed by atoms with Gasteiger partial charge in [-0.2, -0.15) is 0 Å². The van der Waals surface area contributed by atoms with Crippen molar-refractivity contribution in [3.05, 3.63) is 29.3 Å². The number of hydrogen-bond donors (Lipinski definition) is 1. The van der Waals surface area contributed by atoms with Gasteiger partial charge in [-0.25, -0.2) is 0 Å². The van der Waals surface area contributed by atoms with Crippen molar-refractivity contribution in [2.24, 2.45) is 0 Å². The summed E-state index contributed by atoms with van der Waals surface area (Å²) >= 11 is 2.02. The summed E-state index contributed by atoms with van der Waals surface area (Å²) < 4.78 is 0. The molecular formula is C12H17NS. The van der Waals surface area contributed by atoms with Gasteiger partial charge in [0.05, 0.1) is 0 Å². The van der Waals surface area contributed by atoms with Gasteiger partial charge in [-0.15, -0.1) is 11.8 Å². The minimum atomic E-state index is 0.590. The molecule has 1 aromatic carbocycles. The molecule has 1 heterocycles. The Morgan fingerprint density at radius 2 is 2.29 bits per heavy atom. The minimum absolute atomic E-state index is 0.590. The monoisotopic (exact) mass is 207 g/mol. The lowest BCUT2D eigenvalue weighted by atomic mass is 10.0. The molecule has 1 N–H and O–H groups in total. The van der Waals surface area contributed by atoms with E-state index < -0.39 is 0 Å². The van der Waals surface area contributed by atoms with E-state index in [4.69, 9.17) is 0 Å². The fourth-order valence-electron chi connectivity index (χ4n) is 1.87. The Morgan fingerprint density at radius 1 is 1.50 bits per heavy atom. The molecule has 0 spiro atoms. The van der Waals surface area contributed by atoms with Gasteiger partial charge < -0.3 is 5.32 Å². The fourth-order valence-corrected chi connectivity index (χ4v) is 3.24. The van der Waals surface area contributed by atoms with Crippen molar-refractivity contribution < 1.29 is 0 Å². The van der Waals surface area contributed by atoms with E-state index in [2.05, 4.69) is 37.4 Å². The van der Waals surface area contributed by atoms with Crippen molar-refractivity contribution in [2.45, 2.75) is 36.5 Å². The summed E-state index contributed by atoms with van der Waals surface area (Å²) in [7, 11) is 2.04. The number of nitrogens with one attached hydrogen (secondary N) is 1. The normalized spacial score (nSPS) is 22.1. The van der Waals surface area contributed by atoms with Crippen LogP contribution in [0, 0.1) is 6.92 Å². The topological polar surface area (TPSA) is 12.0 Å². The molecule has 0 bridgehead atoms. The summed E-state index contributed by atoms with van der Waals surface area (Å²) in [6.07, 6.45) is 1.21. The van der Waals surface area contributed by atoms with Crippen LogP contribution in [0.4, 0.5) is 0 Å². The fraction of sp³-hybridized carbons (Fsp3) is 0.500. The highest BCUT2D eigenvalue weighted by atomic mass is 32.2. The van der Waals surface area contributed by atoms with Crippen LogP contribution >= 0.6 is 11.8 Å². The number of fused-ring (bicyclic) bond motifs is 1. The van der Waals surface area contributed by atoms with Crippen molar-refractivity contribution in [1.82, 2.24) is 5.32 Å². The van der Waals surface area contributed by atoms with Gasteiger partial charge >= 0.3 is 0 Å². The maximum absolute atomic E-state index is 3.34. The third-order valence-corrected chi connectivity index (χ3v) is 4.46. The Kier molecular flexibility index (Phi) is 2.84. The second-order valence-corrected chi connectivity index (χ2v) is 5.33. The predicted molar refractivity (Wildman–Crippen MR) is 63.0 cm³/mol. The molecule has 0 amide bonds. The maximum Gasteiger partial charge on any atom is 0.0286 e. The van der Waals surface area contributed by atoms with Crippen molar-refractivity contribution in [3.8, 4) is 0 Å². The molecule has 0 saturated carbocycles. The molecule has 0 fully saturated rings. The zero-order valence-electron chi connectivity index (χ0n) is 9.00. The molecule has 2 unspecified atom stereocenters. The average Bonchev–Trinajstić information content (AvgIpc) is 2.59. The second-order valence-electron chi connectivity index (χ2n) is 4.05. The summed E-state index contributed by atoms with van der Waals surface area (Å²) in [5.74, 6) is 0. The summed E-state index contributed by atoms with van der Waals surface area (Å²) in [6.45, 7) is 4.43. The van der Waals surface area contributed by atoms with E-state index >= 15 is 0 Å². The first-order valence-electron chi connectivity index (χ1n) is 5.14. The molecule has 1 aliphatic heterocycles. The summed E-state index contributed by atoms with van der Waals surface area (Å²) in [4.78, 5) is 1.47. The van der Waals surface area contributed by atoms with Gasteiger partial charge in [-0.05, 0) is 38.9 Å². The molecule has 2 heteroatoms. The van der Waals surface area contributed by atoms with E-state index in [9.17, 15) is 0 Å². The molecule has 1 nitrogen and oxygen atoms in total. The first kappa shape index (κ1) is 10.1. The molecule has 76 valence electrons. The van der Waals surface area contributed by atoms with Gasteiger partial charge in [-0.3, -0.25) is 0 Å². The predicted octanol–water partition coefficient (Wildman–Crippen LogP) is 2.62. The van der Waals surface area contributed by atoms with Crippen LogP contribution < -0.4 is 5.32 Å². The van der Waals surface area contributed by atoms with Crippen LogP contribution in [0.25, 0.3) is 0 Å². The average molecular weight is 207 g/mol. The number of rotatable bonds is 2. The first-order valence-corrected chi connectivity index (χ1v) is 6.02. The van der Waals surface area contributed by atoms with Crippen molar-refractivity contribution in [3.63, 3.8) is 0 Å². The molecular weight excluding hydrogens is 190 g/mol. The summed E-state index contributed by atoms with van der Waals surface area (Å²) in [5.41, 5.74) is 2.91. The van der Waals surface area contributed by atoms with Gasteiger partial charge in [0.2, 0.25) is 0 Å². The van der Waals surface area contributed by atoms with Gasteiger partial charge in [-0.1, -0.05) is 17.7 Å². The van der Waals surface area contributed by atoms with E-state index in [0.717, 1.165) is 0 Å². The Bertz CT molecular complexity index is 335. The summed E-state index contributed by atoms with van der Waals surface area (Å²) in [6, 6.07) is 7.38. The maximum atomic E-state index is 3.34. The van der Waals surface area contributed by atoms with Crippen LogP contribution in [0.1, 0.15) is 18.1 Å². The van der Waals surface area contributed by atoms with E-state index in [1.807, 2.05) is 18.8 Å². The van der Waals surface area contributed by atoms with Crippen LogP contribution in [-0.2, 0) is 6.42 Å². The van der Waals surface area contributed by atoms with Gasteiger partial charge in [0.1, 0.15) is 0 Å². The Labute approximate surface area is 90.3 Å². The smallest absolute Gasteiger partial charge is 0.0286 e. The summed E-state index contributed by atoms with van der Waals surface area (Å²) in [5, 5.41) is 4.04. The molecule has 2 rings (SSSR count). The van der Waals surface area contributed by atoms with Crippen molar-refractivity contribution in [2.75, 3.05) is 7.05 Å². The zero-order valence-corrected chi connectivity index (χ0v) is 9.82. The van der Waals surface area contributed by atoms with E-state index in [-0.39, 0.29) is 0 Å². The lowest BCUT2D eigenvalue weighted by molar-refractivity contribution is 0.584. The molecule has 0 aliphatic carbocycles. The van der Waals surface area contributed by atoms with Gasteiger partial charge in [0.15, 0.2) is 0 Å². The molecule has 0 saturated heterocycles. The van der Waals surface area contributed by atoms with Gasteiger partial charge in [0.25, 0.3) is 0 Å². The van der Waals surface area contributed by atoms with Crippen LogP contribution in [0.15, 0.2) is 23.1 Å². The van der Waals surface area contributed by atoms with Crippen molar-refractivity contribution >= 4 is 11.8 Å². The number of hydrogen-bond acceptors (Lipinski definition) is 2. The second kappa shape index (κ2) is 3.95. The highest BCUT2D eigenvalue weighted by Crippen LogP contribution is 2.38. The Balaban J connectivity index is 2.17. The highest BCUT2D eigenvalue weighted by Gasteiger charge is 2.25. The largest absolute Gasteiger partial charge is 0.316 e. The molecule has 14 heavy (non-hydrogen) atoms. The number of benzene rings is 1. The van der Waals surface area contributed by atoms with Crippen LogP contribution in [0.3, 0.4) is 0 Å². The van der Waals surface area contributed by atoms with Gasteiger partial charge in [0, 0.05) is 16.2 Å². The van der Waals surface area contributed by atoms with Crippen LogP contribution in [0.2, 0.25) is 0 Å². The van der Waals surface area contributed by atoms with E-state index in [1.54, 1.807) is 0 Å². The molecule has 1 aliphatic rings. The Hall–Kier alpha value is -0.470. The van der Waals surface area contributed by atoms with Crippen LogP contribution in [-0.4, -0.2) is 18.3 Å². The number of thioether (sulfide) groups is 1. The third-order valence-electron chi connectivity index (χ3n) is 2.93. The molecule has 2 atom stereocenters. The third kappa shape index (κ3) is 1.82. The zero-order chi connectivity index (χ0) is 10.1. The molecule has 1 aromatic rings. The lowest BCUT2D eigenvalue weighted by Gasteiger charge is -2.16. The minimum Gasteiger partial charge on any atom is -0.316 e. The SMILES string of the molecule is CNC(C)C1Cc2cc(C)ccc2S1. The first-order chi connectivity index (χ1) is 6.70. The highest BCUT2D eigenvalue weighted by molar-refractivity contribution is 8.00. The van der Waals surface area contributed by atoms with Crippen molar-refractivity contribution in [1.29, 1.82) is 0 Å². The van der Waals surface area contributed by atoms with Crippen LogP contribution in [0.5, 0.6) is 0 Å². The molecule has 0 aromatic heterocycles. The number of aryl methyl sites for hydroxylation is 1. The van der Waals surface area contributed by atoms with E-state index in [0.29, 0.717) is 11.3 Å². The van der Waals surface area contributed by atoms with E-state index in [1.165, 1.54) is 22.4 Å². The standard InChI is InChI=1S/C12H17NS/c1-8-4-5-11-10(6-8)7-12(14-11)9(2)13-3/h4-6,9,12-13H,7H2,1-3H3. The molecule has 0 radical (unpaired) electrons.